The van der Waals surface area contributed by atoms with Crippen molar-refractivity contribution in [3.8, 4) is 6.07 Å². The Hall–Kier alpha value is -0.590. The molecule has 0 spiro atoms. The highest BCUT2D eigenvalue weighted by molar-refractivity contribution is 4.80. The average Bonchev–Trinajstić information content (AvgIpc) is 2.21. The average molecular weight is 195 g/mol. The molecule has 1 aliphatic heterocycles. The van der Waals surface area contributed by atoms with Crippen LogP contribution in [0.15, 0.2) is 0 Å². The van der Waals surface area contributed by atoms with Gasteiger partial charge in [0.2, 0.25) is 0 Å². The lowest BCUT2D eigenvalue weighted by Crippen LogP contribution is -2.46. The minimum Gasteiger partial charge on any atom is -0.301 e. The van der Waals surface area contributed by atoms with Crippen LogP contribution in [0.4, 0.5) is 0 Å². The van der Waals surface area contributed by atoms with Crippen molar-refractivity contribution in [3.63, 3.8) is 0 Å². The number of unbranched alkanes of at least 4 members (excludes halogenated alkanes) is 2. The van der Waals surface area contributed by atoms with Crippen molar-refractivity contribution in [2.75, 3.05) is 39.3 Å². The molecule has 0 aromatic heterocycles. The van der Waals surface area contributed by atoms with E-state index in [0.717, 1.165) is 26.2 Å². The predicted octanol–water partition coefficient (Wildman–Crippen LogP) is 1.32. The summed E-state index contributed by atoms with van der Waals surface area (Å²) in [6.07, 6.45) is 3.97. The third-order valence-electron chi connectivity index (χ3n) is 2.84. The Kier molecular flexibility index (Phi) is 5.58. The van der Waals surface area contributed by atoms with E-state index in [2.05, 4.69) is 22.8 Å². The Morgan fingerprint density at radius 1 is 1.07 bits per heavy atom. The second-order valence-electron chi connectivity index (χ2n) is 3.98. The van der Waals surface area contributed by atoms with Gasteiger partial charge < -0.3 is 4.90 Å². The fourth-order valence-electron chi connectivity index (χ4n) is 1.86. The van der Waals surface area contributed by atoms with Crippen LogP contribution >= 0.6 is 0 Å². The molecule has 1 saturated heterocycles. The van der Waals surface area contributed by atoms with Gasteiger partial charge in [-0.15, -0.1) is 0 Å². The Bertz CT molecular complexity index is 177. The van der Waals surface area contributed by atoms with Crippen LogP contribution in [0.5, 0.6) is 0 Å². The van der Waals surface area contributed by atoms with Crippen LogP contribution in [0.2, 0.25) is 0 Å². The molecule has 0 saturated carbocycles. The topological polar surface area (TPSA) is 30.3 Å². The SMILES string of the molecule is CCCCCN1CCN(CC#N)CC1. The van der Waals surface area contributed by atoms with E-state index in [1.165, 1.54) is 25.8 Å². The van der Waals surface area contributed by atoms with E-state index in [1.807, 2.05) is 0 Å². The molecule has 1 fully saturated rings. The van der Waals surface area contributed by atoms with E-state index >= 15 is 0 Å². The van der Waals surface area contributed by atoms with Gasteiger partial charge in [-0.2, -0.15) is 5.26 Å². The van der Waals surface area contributed by atoms with E-state index in [-0.39, 0.29) is 0 Å². The van der Waals surface area contributed by atoms with Crippen LogP contribution in [0, 0.1) is 11.3 Å². The molecule has 0 atom stereocenters. The third kappa shape index (κ3) is 4.08. The quantitative estimate of drug-likeness (QED) is 0.489. The van der Waals surface area contributed by atoms with Crippen LogP contribution in [0.25, 0.3) is 0 Å². The van der Waals surface area contributed by atoms with Gasteiger partial charge in [-0.25, -0.2) is 0 Å². The second-order valence-corrected chi connectivity index (χ2v) is 3.98. The summed E-state index contributed by atoms with van der Waals surface area (Å²) in [7, 11) is 0. The largest absolute Gasteiger partial charge is 0.301 e. The van der Waals surface area contributed by atoms with E-state index in [9.17, 15) is 0 Å². The minimum atomic E-state index is 0.600. The molecule has 80 valence electrons. The highest BCUT2D eigenvalue weighted by Crippen LogP contribution is 2.03. The van der Waals surface area contributed by atoms with E-state index < -0.39 is 0 Å². The van der Waals surface area contributed by atoms with Gasteiger partial charge in [0, 0.05) is 26.2 Å². The lowest BCUT2D eigenvalue weighted by Gasteiger charge is -2.33. The Labute approximate surface area is 87.3 Å². The number of nitriles is 1. The van der Waals surface area contributed by atoms with Gasteiger partial charge in [-0.05, 0) is 13.0 Å². The molecule has 0 N–H and O–H groups in total. The highest BCUT2D eigenvalue weighted by Gasteiger charge is 2.15. The summed E-state index contributed by atoms with van der Waals surface area (Å²) < 4.78 is 0. The second kappa shape index (κ2) is 6.80. The lowest BCUT2D eigenvalue weighted by molar-refractivity contribution is 0.142. The molecule has 0 radical (unpaired) electrons. The summed E-state index contributed by atoms with van der Waals surface area (Å²) in [6, 6.07) is 2.21. The van der Waals surface area contributed by atoms with E-state index in [1.54, 1.807) is 0 Å². The zero-order valence-corrected chi connectivity index (χ0v) is 9.21. The fraction of sp³-hybridized carbons (Fsp3) is 0.909. The number of nitrogens with zero attached hydrogens (tertiary/aromatic N) is 3. The number of piperazine rings is 1. The molecule has 0 bridgehead atoms. The summed E-state index contributed by atoms with van der Waals surface area (Å²) in [4.78, 5) is 4.75. The minimum absolute atomic E-state index is 0.600. The van der Waals surface area contributed by atoms with Crippen molar-refractivity contribution in [1.29, 1.82) is 5.26 Å². The first-order valence-corrected chi connectivity index (χ1v) is 5.68. The summed E-state index contributed by atoms with van der Waals surface area (Å²) in [5.74, 6) is 0. The van der Waals surface area contributed by atoms with Gasteiger partial charge in [0.15, 0.2) is 0 Å². The first kappa shape index (κ1) is 11.5. The Balaban J connectivity index is 2.07. The zero-order valence-electron chi connectivity index (χ0n) is 9.21. The van der Waals surface area contributed by atoms with Crippen molar-refractivity contribution in [2.45, 2.75) is 26.2 Å². The van der Waals surface area contributed by atoms with E-state index in [0.29, 0.717) is 6.54 Å². The lowest BCUT2D eigenvalue weighted by atomic mass is 10.2. The Morgan fingerprint density at radius 2 is 1.71 bits per heavy atom. The van der Waals surface area contributed by atoms with Crippen LogP contribution in [-0.2, 0) is 0 Å². The first-order valence-electron chi connectivity index (χ1n) is 5.68. The van der Waals surface area contributed by atoms with Gasteiger partial charge in [-0.1, -0.05) is 19.8 Å². The van der Waals surface area contributed by atoms with Crippen molar-refractivity contribution in [2.24, 2.45) is 0 Å². The maximum absolute atomic E-state index is 8.55. The molecule has 3 nitrogen and oxygen atoms in total. The molecule has 3 heteroatoms. The molecular weight excluding hydrogens is 174 g/mol. The highest BCUT2D eigenvalue weighted by atomic mass is 15.3. The van der Waals surface area contributed by atoms with Crippen LogP contribution < -0.4 is 0 Å². The van der Waals surface area contributed by atoms with Crippen molar-refractivity contribution >= 4 is 0 Å². The molecule has 0 amide bonds. The van der Waals surface area contributed by atoms with Gasteiger partial charge in [-0.3, -0.25) is 4.90 Å². The normalized spacial score (nSPS) is 19.4. The third-order valence-corrected chi connectivity index (χ3v) is 2.84. The van der Waals surface area contributed by atoms with Crippen molar-refractivity contribution < 1.29 is 0 Å². The molecule has 0 aromatic rings. The molecule has 1 rings (SSSR count). The molecular formula is C11H21N3. The smallest absolute Gasteiger partial charge is 0.0866 e. The molecule has 1 aliphatic rings. The summed E-state index contributed by atoms with van der Waals surface area (Å²) in [5.41, 5.74) is 0. The van der Waals surface area contributed by atoms with Crippen molar-refractivity contribution in [3.05, 3.63) is 0 Å². The molecule has 0 unspecified atom stereocenters. The standard InChI is InChI=1S/C11H21N3/c1-2-3-4-6-13-8-10-14(7-5-12)11-9-13/h2-4,6-11H2,1H3. The maximum atomic E-state index is 8.55. The molecule has 0 aliphatic carbocycles. The molecule has 0 aromatic carbocycles. The summed E-state index contributed by atoms with van der Waals surface area (Å²) in [6.45, 7) is 8.51. The number of hydrogen-bond acceptors (Lipinski definition) is 3. The predicted molar refractivity (Wildman–Crippen MR) is 58.0 cm³/mol. The van der Waals surface area contributed by atoms with Gasteiger partial charge in [0.05, 0.1) is 12.6 Å². The first-order chi connectivity index (χ1) is 6.86. The molecule has 14 heavy (non-hydrogen) atoms. The van der Waals surface area contributed by atoms with E-state index in [4.69, 9.17) is 5.26 Å². The summed E-state index contributed by atoms with van der Waals surface area (Å²) in [5, 5.41) is 8.55. The number of hydrogen-bond donors (Lipinski definition) is 0. The van der Waals surface area contributed by atoms with Crippen LogP contribution in [0.3, 0.4) is 0 Å². The summed E-state index contributed by atoms with van der Waals surface area (Å²) >= 11 is 0. The van der Waals surface area contributed by atoms with Gasteiger partial charge in [0.25, 0.3) is 0 Å². The van der Waals surface area contributed by atoms with Gasteiger partial charge in [0.1, 0.15) is 0 Å². The molecule has 1 heterocycles. The number of rotatable bonds is 5. The Morgan fingerprint density at radius 3 is 2.29 bits per heavy atom. The fourth-order valence-corrected chi connectivity index (χ4v) is 1.86. The van der Waals surface area contributed by atoms with Crippen LogP contribution in [-0.4, -0.2) is 49.1 Å². The zero-order chi connectivity index (χ0) is 10.2. The van der Waals surface area contributed by atoms with Crippen molar-refractivity contribution in [1.82, 2.24) is 9.80 Å². The monoisotopic (exact) mass is 195 g/mol. The maximum Gasteiger partial charge on any atom is 0.0866 e. The van der Waals surface area contributed by atoms with Crippen LogP contribution in [0.1, 0.15) is 26.2 Å². The van der Waals surface area contributed by atoms with Gasteiger partial charge >= 0.3 is 0 Å².